The van der Waals surface area contributed by atoms with Crippen LogP contribution in [0.1, 0.15) is 37.2 Å². The average Bonchev–Trinajstić information content (AvgIpc) is 2.49. The van der Waals surface area contributed by atoms with E-state index in [2.05, 4.69) is 41.0 Å². The molecule has 2 heterocycles. The van der Waals surface area contributed by atoms with Crippen molar-refractivity contribution in [1.29, 1.82) is 0 Å². The second kappa shape index (κ2) is 5.85. The van der Waals surface area contributed by atoms with Crippen molar-refractivity contribution in [1.82, 2.24) is 10.6 Å². The van der Waals surface area contributed by atoms with Crippen LogP contribution in [0.15, 0.2) is 30.3 Å². The SMILES string of the molecule is c1ccc(C2CCC(C3CCNCC3)NC2)cc1. The maximum atomic E-state index is 3.81. The molecule has 98 valence electrons. The largest absolute Gasteiger partial charge is 0.317 e. The molecule has 3 rings (SSSR count). The Morgan fingerprint density at radius 1 is 0.889 bits per heavy atom. The normalized spacial score (nSPS) is 30.2. The Bertz CT molecular complexity index is 349. The van der Waals surface area contributed by atoms with Gasteiger partial charge in [-0.05, 0) is 56.2 Å². The number of hydrogen-bond acceptors (Lipinski definition) is 2. The zero-order valence-corrected chi connectivity index (χ0v) is 11.1. The van der Waals surface area contributed by atoms with Crippen LogP contribution >= 0.6 is 0 Å². The summed E-state index contributed by atoms with van der Waals surface area (Å²) < 4.78 is 0. The standard InChI is InChI=1S/C16H24N2/c1-2-4-13(5-3-1)15-6-7-16(18-12-15)14-8-10-17-11-9-14/h1-5,14-18H,6-12H2. The molecule has 2 aliphatic heterocycles. The van der Waals surface area contributed by atoms with E-state index in [1.807, 2.05) is 0 Å². The maximum Gasteiger partial charge on any atom is 0.00967 e. The van der Waals surface area contributed by atoms with E-state index < -0.39 is 0 Å². The highest BCUT2D eigenvalue weighted by Gasteiger charge is 2.28. The number of rotatable bonds is 2. The smallest absolute Gasteiger partial charge is 0.00967 e. The third kappa shape index (κ3) is 2.76. The van der Waals surface area contributed by atoms with Gasteiger partial charge in [-0.25, -0.2) is 0 Å². The van der Waals surface area contributed by atoms with Crippen molar-refractivity contribution in [2.24, 2.45) is 5.92 Å². The lowest BCUT2D eigenvalue weighted by molar-refractivity contribution is 0.232. The molecule has 2 heteroatoms. The Hall–Kier alpha value is -0.860. The van der Waals surface area contributed by atoms with E-state index in [-0.39, 0.29) is 0 Å². The highest BCUT2D eigenvalue weighted by atomic mass is 15.0. The average molecular weight is 244 g/mol. The molecule has 2 nitrogen and oxygen atoms in total. The van der Waals surface area contributed by atoms with Gasteiger partial charge in [-0.15, -0.1) is 0 Å². The van der Waals surface area contributed by atoms with Gasteiger partial charge < -0.3 is 10.6 Å². The first kappa shape index (κ1) is 12.2. The first-order chi connectivity index (χ1) is 8.93. The van der Waals surface area contributed by atoms with Gasteiger partial charge in [0.15, 0.2) is 0 Å². The monoisotopic (exact) mass is 244 g/mol. The minimum Gasteiger partial charge on any atom is -0.317 e. The van der Waals surface area contributed by atoms with Gasteiger partial charge in [0.1, 0.15) is 0 Å². The van der Waals surface area contributed by atoms with E-state index in [0.717, 1.165) is 17.9 Å². The molecule has 18 heavy (non-hydrogen) atoms. The van der Waals surface area contributed by atoms with Crippen LogP contribution < -0.4 is 10.6 Å². The molecule has 0 amide bonds. The molecule has 2 N–H and O–H groups in total. The van der Waals surface area contributed by atoms with Gasteiger partial charge in [0.05, 0.1) is 0 Å². The third-order valence-electron chi connectivity index (χ3n) is 4.68. The third-order valence-corrected chi connectivity index (χ3v) is 4.68. The van der Waals surface area contributed by atoms with Crippen molar-refractivity contribution in [3.8, 4) is 0 Å². The van der Waals surface area contributed by atoms with Crippen LogP contribution in [0, 0.1) is 5.92 Å². The molecule has 2 fully saturated rings. The first-order valence-corrected chi connectivity index (χ1v) is 7.42. The minimum absolute atomic E-state index is 0.726. The molecule has 2 aliphatic rings. The fraction of sp³-hybridized carbons (Fsp3) is 0.625. The summed E-state index contributed by atoms with van der Waals surface area (Å²) in [6, 6.07) is 11.8. The molecule has 0 saturated carbocycles. The zero-order valence-electron chi connectivity index (χ0n) is 11.1. The predicted octanol–water partition coefficient (Wildman–Crippen LogP) is 2.52. The van der Waals surface area contributed by atoms with Gasteiger partial charge in [0.2, 0.25) is 0 Å². The molecular weight excluding hydrogens is 220 g/mol. The highest BCUT2D eigenvalue weighted by Crippen LogP contribution is 2.29. The molecule has 0 aliphatic carbocycles. The van der Waals surface area contributed by atoms with Crippen molar-refractivity contribution in [2.75, 3.05) is 19.6 Å². The molecule has 2 saturated heterocycles. The summed E-state index contributed by atoms with van der Waals surface area (Å²) in [6.07, 6.45) is 5.41. The van der Waals surface area contributed by atoms with Crippen molar-refractivity contribution < 1.29 is 0 Å². The zero-order chi connectivity index (χ0) is 12.2. The predicted molar refractivity (Wildman–Crippen MR) is 75.8 cm³/mol. The summed E-state index contributed by atoms with van der Waals surface area (Å²) in [5, 5.41) is 7.27. The Morgan fingerprint density at radius 2 is 1.67 bits per heavy atom. The maximum absolute atomic E-state index is 3.81. The van der Waals surface area contributed by atoms with Crippen LogP contribution in [0.4, 0.5) is 0 Å². The highest BCUT2D eigenvalue weighted by molar-refractivity contribution is 5.20. The molecule has 2 atom stereocenters. The molecular formula is C16H24N2. The van der Waals surface area contributed by atoms with Crippen molar-refractivity contribution >= 4 is 0 Å². The van der Waals surface area contributed by atoms with E-state index in [0.29, 0.717) is 0 Å². The number of hydrogen-bond donors (Lipinski definition) is 2. The lowest BCUT2D eigenvalue weighted by Crippen LogP contribution is -2.46. The molecule has 1 aromatic rings. The Kier molecular flexibility index (Phi) is 3.96. The Morgan fingerprint density at radius 3 is 2.33 bits per heavy atom. The number of benzene rings is 1. The van der Waals surface area contributed by atoms with Crippen molar-refractivity contribution in [3.05, 3.63) is 35.9 Å². The number of nitrogens with one attached hydrogen (secondary N) is 2. The van der Waals surface area contributed by atoms with Crippen LogP contribution in [-0.2, 0) is 0 Å². The summed E-state index contributed by atoms with van der Waals surface area (Å²) in [4.78, 5) is 0. The fourth-order valence-electron chi connectivity index (χ4n) is 3.54. The minimum atomic E-state index is 0.726. The second-order valence-electron chi connectivity index (χ2n) is 5.79. The molecule has 1 aromatic carbocycles. The molecule has 2 unspecified atom stereocenters. The van der Waals surface area contributed by atoms with Gasteiger partial charge in [-0.2, -0.15) is 0 Å². The van der Waals surface area contributed by atoms with Crippen LogP contribution in [0.2, 0.25) is 0 Å². The summed E-state index contributed by atoms with van der Waals surface area (Å²) in [5.74, 6) is 1.63. The van der Waals surface area contributed by atoms with E-state index >= 15 is 0 Å². The van der Waals surface area contributed by atoms with Gasteiger partial charge in [-0.1, -0.05) is 30.3 Å². The van der Waals surface area contributed by atoms with E-state index in [1.165, 1.54) is 50.9 Å². The van der Waals surface area contributed by atoms with Crippen LogP contribution in [-0.4, -0.2) is 25.7 Å². The van der Waals surface area contributed by atoms with Crippen LogP contribution in [0.3, 0.4) is 0 Å². The first-order valence-electron chi connectivity index (χ1n) is 7.42. The van der Waals surface area contributed by atoms with Gasteiger partial charge in [0.25, 0.3) is 0 Å². The van der Waals surface area contributed by atoms with E-state index in [1.54, 1.807) is 0 Å². The summed E-state index contributed by atoms with van der Waals surface area (Å²) >= 11 is 0. The molecule has 0 radical (unpaired) electrons. The quantitative estimate of drug-likeness (QED) is 0.835. The van der Waals surface area contributed by atoms with Gasteiger partial charge >= 0.3 is 0 Å². The fourth-order valence-corrected chi connectivity index (χ4v) is 3.54. The van der Waals surface area contributed by atoms with Gasteiger partial charge in [-0.3, -0.25) is 0 Å². The van der Waals surface area contributed by atoms with Gasteiger partial charge in [0, 0.05) is 12.6 Å². The van der Waals surface area contributed by atoms with Crippen molar-refractivity contribution in [2.45, 2.75) is 37.6 Å². The topological polar surface area (TPSA) is 24.1 Å². The Labute approximate surface area is 110 Å². The lowest BCUT2D eigenvalue weighted by atomic mass is 9.81. The summed E-state index contributed by atoms with van der Waals surface area (Å²) in [7, 11) is 0. The van der Waals surface area contributed by atoms with Crippen LogP contribution in [0.25, 0.3) is 0 Å². The lowest BCUT2D eigenvalue weighted by Gasteiger charge is -2.37. The summed E-state index contributed by atoms with van der Waals surface area (Å²) in [5.41, 5.74) is 1.51. The second-order valence-corrected chi connectivity index (χ2v) is 5.79. The van der Waals surface area contributed by atoms with E-state index in [4.69, 9.17) is 0 Å². The molecule has 0 spiro atoms. The van der Waals surface area contributed by atoms with Crippen LogP contribution in [0.5, 0.6) is 0 Å². The summed E-state index contributed by atoms with van der Waals surface area (Å²) in [6.45, 7) is 3.59. The van der Waals surface area contributed by atoms with Crippen molar-refractivity contribution in [3.63, 3.8) is 0 Å². The molecule has 0 aromatic heterocycles. The molecule has 0 bridgehead atoms. The van der Waals surface area contributed by atoms with E-state index in [9.17, 15) is 0 Å². The Balaban J connectivity index is 1.54. The number of piperidine rings is 2.